The lowest BCUT2D eigenvalue weighted by Gasteiger charge is -2.24. The van der Waals surface area contributed by atoms with Crippen molar-refractivity contribution in [3.05, 3.63) is 36.7 Å². The molecule has 0 unspecified atom stereocenters. The van der Waals surface area contributed by atoms with Gasteiger partial charge in [0.05, 0.1) is 10.6 Å². The fourth-order valence-corrected chi connectivity index (χ4v) is 3.17. The van der Waals surface area contributed by atoms with E-state index in [-0.39, 0.29) is 23.2 Å². The third-order valence-corrected chi connectivity index (χ3v) is 4.50. The van der Waals surface area contributed by atoms with E-state index in [0.29, 0.717) is 0 Å². The molecule has 6 heteroatoms. The molecule has 0 fully saturated rings. The molecule has 0 aliphatic carbocycles. The first-order valence-electron chi connectivity index (χ1n) is 5.48. The maximum absolute atomic E-state index is 13.0. The van der Waals surface area contributed by atoms with E-state index in [4.69, 9.17) is 5.73 Å². The molecule has 0 aromatic heterocycles. The quantitative estimate of drug-likeness (QED) is 0.658. The van der Waals surface area contributed by atoms with Gasteiger partial charge in [0, 0.05) is 12.6 Å². The van der Waals surface area contributed by atoms with Crippen LogP contribution in [0.3, 0.4) is 0 Å². The van der Waals surface area contributed by atoms with E-state index in [9.17, 15) is 12.8 Å². The molecule has 4 nitrogen and oxygen atoms in total. The second kappa shape index (κ2) is 5.49. The van der Waals surface area contributed by atoms with Gasteiger partial charge in [0.15, 0.2) is 0 Å². The predicted octanol–water partition coefficient (Wildman–Crippen LogP) is 1.99. The van der Waals surface area contributed by atoms with E-state index < -0.39 is 15.8 Å². The molecule has 0 amide bonds. The van der Waals surface area contributed by atoms with Crippen molar-refractivity contribution in [2.75, 3.05) is 12.3 Å². The van der Waals surface area contributed by atoms with Crippen LogP contribution >= 0.6 is 0 Å². The number of hydrogen-bond donors (Lipinski definition) is 1. The van der Waals surface area contributed by atoms with Gasteiger partial charge in [-0.1, -0.05) is 6.08 Å². The monoisotopic (exact) mass is 272 g/mol. The Hall–Kier alpha value is -1.40. The SMILES string of the molecule is C=CCN(C(C)C)S(=O)(=O)c1ccc(F)c(N)c1. The van der Waals surface area contributed by atoms with Crippen molar-refractivity contribution in [1.82, 2.24) is 4.31 Å². The summed E-state index contributed by atoms with van der Waals surface area (Å²) in [6, 6.07) is 3.16. The minimum absolute atomic E-state index is 0.0167. The van der Waals surface area contributed by atoms with Gasteiger partial charge in [0.1, 0.15) is 5.82 Å². The Morgan fingerprint density at radius 1 is 1.50 bits per heavy atom. The maximum atomic E-state index is 13.0. The summed E-state index contributed by atoms with van der Waals surface area (Å²) >= 11 is 0. The molecule has 1 aromatic rings. The summed E-state index contributed by atoms with van der Waals surface area (Å²) in [5.41, 5.74) is 5.21. The van der Waals surface area contributed by atoms with Gasteiger partial charge in [0.2, 0.25) is 10.0 Å². The number of nitrogens with zero attached hydrogens (tertiary/aromatic N) is 1. The number of anilines is 1. The molecule has 1 aromatic carbocycles. The fraction of sp³-hybridized carbons (Fsp3) is 0.333. The maximum Gasteiger partial charge on any atom is 0.243 e. The van der Waals surface area contributed by atoms with Crippen LogP contribution in [0.5, 0.6) is 0 Å². The van der Waals surface area contributed by atoms with Crippen molar-refractivity contribution in [2.24, 2.45) is 0 Å². The van der Waals surface area contributed by atoms with Crippen LogP contribution in [0.15, 0.2) is 35.7 Å². The molecule has 0 spiro atoms. The highest BCUT2D eigenvalue weighted by Crippen LogP contribution is 2.21. The molecule has 0 heterocycles. The molecule has 0 bridgehead atoms. The number of sulfonamides is 1. The minimum Gasteiger partial charge on any atom is -0.396 e. The second-order valence-corrected chi connectivity index (χ2v) is 6.03. The van der Waals surface area contributed by atoms with Crippen molar-refractivity contribution in [3.8, 4) is 0 Å². The molecule has 0 atom stereocenters. The summed E-state index contributed by atoms with van der Waals surface area (Å²) in [7, 11) is -3.69. The summed E-state index contributed by atoms with van der Waals surface area (Å²) in [6.45, 7) is 7.24. The van der Waals surface area contributed by atoms with E-state index in [1.165, 1.54) is 16.4 Å². The number of benzene rings is 1. The van der Waals surface area contributed by atoms with Crippen LogP contribution in [0.2, 0.25) is 0 Å². The Bertz CT molecular complexity index is 541. The smallest absolute Gasteiger partial charge is 0.243 e. The Labute approximate surface area is 107 Å². The highest BCUT2D eigenvalue weighted by atomic mass is 32.2. The van der Waals surface area contributed by atoms with Crippen molar-refractivity contribution in [3.63, 3.8) is 0 Å². The van der Waals surface area contributed by atoms with Gasteiger partial charge in [-0.2, -0.15) is 4.31 Å². The van der Waals surface area contributed by atoms with Gasteiger partial charge in [-0.25, -0.2) is 12.8 Å². The molecule has 100 valence electrons. The lowest BCUT2D eigenvalue weighted by atomic mass is 10.3. The molecule has 2 N–H and O–H groups in total. The number of halogens is 1. The zero-order valence-corrected chi connectivity index (χ0v) is 11.2. The van der Waals surface area contributed by atoms with Crippen LogP contribution < -0.4 is 5.73 Å². The summed E-state index contributed by atoms with van der Waals surface area (Å²) < 4.78 is 39.0. The number of hydrogen-bond acceptors (Lipinski definition) is 3. The van der Waals surface area contributed by atoms with E-state index in [1.807, 2.05) is 0 Å². The lowest BCUT2D eigenvalue weighted by Crippen LogP contribution is -2.37. The average molecular weight is 272 g/mol. The Balaban J connectivity index is 3.26. The Morgan fingerprint density at radius 2 is 2.11 bits per heavy atom. The lowest BCUT2D eigenvalue weighted by molar-refractivity contribution is 0.383. The van der Waals surface area contributed by atoms with Gasteiger partial charge >= 0.3 is 0 Å². The molecular weight excluding hydrogens is 255 g/mol. The molecule has 0 radical (unpaired) electrons. The minimum atomic E-state index is -3.69. The Kier molecular flexibility index (Phi) is 4.48. The molecule has 0 saturated heterocycles. The molecule has 18 heavy (non-hydrogen) atoms. The first-order chi connectivity index (χ1) is 8.30. The first kappa shape index (κ1) is 14.7. The van der Waals surface area contributed by atoms with Crippen molar-refractivity contribution in [1.29, 1.82) is 0 Å². The number of rotatable bonds is 5. The molecule has 1 rings (SSSR count). The predicted molar refractivity (Wildman–Crippen MR) is 70.0 cm³/mol. The van der Waals surface area contributed by atoms with Crippen molar-refractivity contribution in [2.45, 2.75) is 24.8 Å². The molecule has 0 aliphatic heterocycles. The fourth-order valence-electron chi connectivity index (χ4n) is 1.53. The van der Waals surface area contributed by atoms with E-state index in [1.54, 1.807) is 13.8 Å². The van der Waals surface area contributed by atoms with Crippen LogP contribution in [0.25, 0.3) is 0 Å². The van der Waals surface area contributed by atoms with Gasteiger partial charge in [0.25, 0.3) is 0 Å². The summed E-state index contributed by atoms with van der Waals surface area (Å²) in [5, 5.41) is 0. The van der Waals surface area contributed by atoms with E-state index in [0.717, 1.165) is 12.1 Å². The zero-order chi connectivity index (χ0) is 13.9. The van der Waals surface area contributed by atoms with Crippen molar-refractivity contribution >= 4 is 15.7 Å². The van der Waals surface area contributed by atoms with Gasteiger partial charge in [-0.3, -0.25) is 0 Å². The van der Waals surface area contributed by atoms with Gasteiger partial charge < -0.3 is 5.73 Å². The number of nitrogens with two attached hydrogens (primary N) is 1. The first-order valence-corrected chi connectivity index (χ1v) is 6.92. The van der Waals surface area contributed by atoms with Crippen LogP contribution in [-0.4, -0.2) is 25.3 Å². The summed E-state index contributed by atoms with van der Waals surface area (Å²) in [5.74, 6) is -0.631. The Morgan fingerprint density at radius 3 is 2.56 bits per heavy atom. The van der Waals surface area contributed by atoms with Crippen molar-refractivity contribution < 1.29 is 12.8 Å². The van der Waals surface area contributed by atoms with E-state index in [2.05, 4.69) is 6.58 Å². The van der Waals surface area contributed by atoms with Crippen LogP contribution in [0, 0.1) is 5.82 Å². The standard InChI is InChI=1S/C12H17FN2O2S/c1-4-7-15(9(2)3)18(16,17)10-5-6-11(13)12(14)8-10/h4-6,8-9H,1,7,14H2,2-3H3. The third-order valence-electron chi connectivity index (χ3n) is 2.46. The zero-order valence-electron chi connectivity index (χ0n) is 10.4. The van der Waals surface area contributed by atoms with E-state index >= 15 is 0 Å². The van der Waals surface area contributed by atoms with Gasteiger partial charge in [-0.15, -0.1) is 6.58 Å². The summed E-state index contributed by atoms with van der Waals surface area (Å²) in [4.78, 5) is -0.0167. The summed E-state index contributed by atoms with van der Waals surface area (Å²) in [6.07, 6.45) is 1.50. The molecule has 0 saturated carbocycles. The normalized spacial score (nSPS) is 12.1. The topological polar surface area (TPSA) is 63.4 Å². The van der Waals surface area contributed by atoms with Crippen LogP contribution in [-0.2, 0) is 10.0 Å². The number of nitrogen functional groups attached to an aromatic ring is 1. The molecule has 0 aliphatic rings. The largest absolute Gasteiger partial charge is 0.396 e. The van der Waals surface area contributed by atoms with Crippen LogP contribution in [0.4, 0.5) is 10.1 Å². The highest BCUT2D eigenvalue weighted by molar-refractivity contribution is 7.89. The second-order valence-electron chi connectivity index (χ2n) is 4.14. The molecular formula is C12H17FN2O2S. The average Bonchev–Trinajstić information content (AvgIpc) is 2.28. The third kappa shape index (κ3) is 2.88. The van der Waals surface area contributed by atoms with Gasteiger partial charge in [-0.05, 0) is 32.0 Å². The highest BCUT2D eigenvalue weighted by Gasteiger charge is 2.26. The van der Waals surface area contributed by atoms with Crippen LogP contribution in [0.1, 0.15) is 13.8 Å².